The number of carbonyl (C=O) groups is 3. The Balaban J connectivity index is -0.00000128. The van der Waals surface area contributed by atoms with Crippen molar-refractivity contribution in [3.63, 3.8) is 0 Å². The molecule has 0 heterocycles. The molecule has 0 rings (SSSR count). The van der Waals surface area contributed by atoms with Crippen LogP contribution in [-0.4, -0.2) is 98.4 Å². The number of hydrogen-bond donors (Lipinski definition) is 6. The fourth-order valence-corrected chi connectivity index (χ4v) is 7.47. The molecule has 0 aromatic rings. The minimum atomic E-state index is 0. The maximum atomic E-state index is 12.3. The molecule has 6 N–H and O–H groups in total. The summed E-state index contributed by atoms with van der Waals surface area (Å²) in [5.74, 6) is 0.308. The van der Waals surface area contributed by atoms with E-state index >= 15 is 0 Å². The third kappa shape index (κ3) is 56.3. The van der Waals surface area contributed by atoms with E-state index in [1.54, 1.807) is 0 Å². The number of unbranched alkanes of at least 4 members (excludes halogenated alkanes) is 27. The van der Waals surface area contributed by atoms with E-state index in [9.17, 15) is 19.5 Å². The quantitative estimate of drug-likeness (QED) is 0.0334. The summed E-state index contributed by atoms with van der Waals surface area (Å²) < 4.78 is 0. The summed E-state index contributed by atoms with van der Waals surface area (Å²) in [5.41, 5.74) is 0. The van der Waals surface area contributed by atoms with E-state index in [0.29, 0.717) is 51.9 Å². The Morgan fingerprint density at radius 2 is 0.629 bits per heavy atom. The summed E-state index contributed by atoms with van der Waals surface area (Å²) in [5, 5.41) is 30.1. The van der Waals surface area contributed by atoms with Crippen LogP contribution in [0.4, 0.5) is 0 Å². The van der Waals surface area contributed by atoms with E-state index in [1.807, 2.05) is 0 Å². The van der Waals surface area contributed by atoms with Gasteiger partial charge in [-0.1, -0.05) is 202 Å². The molecule has 0 aliphatic rings. The second kappa shape index (κ2) is 57.3. The smallest absolute Gasteiger partial charge is 0.221 e. The molecule has 0 unspecified atom stereocenters. The molecule has 0 atom stereocenters. The van der Waals surface area contributed by atoms with Gasteiger partial charge in [-0.3, -0.25) is 14.4 Å². The zero-order chi connectivity index (χ0) is 45.0. The molecule has 0 aliphatic carbocycles. The van der Waals surface area contributed by atoms with Crippen molar-refractivity contribution in [2.75, 3.05) is 65.6 Å². The van der Waals surface area contributed by atoms with Crippen LogP contribution >= 0.6 is 0 Å². The highest BCUT2D eigenvalue weighted by atomic mass is 16.3. The van der Waals surface area contributed by atoms with E-state index in [1.165, 1.54) is 173 Å². The average Bonchev–Trinajstić information content (AvgIpc) is 3.26. The monoisotopic (exact) mass is 884 g/mol. The van der Waals surface area contributed by atoms with Gasteiger partial charge in [0.1, 0.15) is 0 Å². The second-order valence-corrected chi connectivity index (χ2v) is 17.6. The molecule has 10 heteroatoms. The number of carbonyl (C=O) groups excluding carboxylic acids is 3. The van der Waals surface area contributed by atoms with Crippen molar-refractivity contribution in [1.29, 1.82) is 0 Å². The second-order valence-electron chi connectivity index (χ2n) is 17.6. The van der Waals surface area contributed by atoms with Gasteiger partial charge in [0, 0.05) is 78.3 Å². The van der Waals surface area contributed by atoms with Gasteiger partial charge >= 0.3 is 0 Å². The highest BCUT2D eigenvalue weighted by Gasteiger charge is 2.11. The maximum Gasteiger partial charge on any atom is 0.221 e. The van der Waals surface area contributed by atoms with Crippen molar-refractivity contribution < 1.29 is 24.6 Å². The maximum absolute atomic E-state index is 12.3. The summed E-state index contributed by atoms with van der Waals surface area (Å²) >= 11 is 0. The molecule has 372 valence electrons. The van der Waals surface area contributed by atoms with Gasteiger partial charge in [-0.25, -0.2) is 0 Å². The predicted octanol–water partition coefficient (Wildman–Crippen LogP) is 11.5. The van der Waals surface area contributed by atoms with Crippen LogP contribution < -0.4 is 21.3 Å². The fraction of sp³-hybridized carbons (Fsp3) is 0.942. The third-order valence-electron chi connectivity index (χ3n) is 11.5. The van der Waals surface area contributed by atoms with E-state index in [0.717, 1.165) is 51.9 Å². The topological polar surface area (TPSA) is 143 Å². The minimum absolute atomic E-state index is 0. The predicted molar refractivity (Wildman–Crippen MR) is 268 cm³/mol. The Hall–Kier alpha value is -1.75. The van der Waals surface area contributed by atoms with Crippen LogP contribution in [0.25, 0.3) is 0 Å². The van der Waals surface area contributed by atoms with Crippen molar-refractivity contribution in [3.05, 3.63) is 0 Å². The van der Waals surface area contributed by atoms with Crippen molar-refractivity contribution in [2.24, 2.45) is 0 Å². The fourth-order valence-electron chi connectivity index (χ4n) is 7.47. The zero-order valence-corrected chi connectivity index (χ0v) is 40.9. The number of aliphatic hydroxyl groups is 2. The van der Waals surface area contributed by atoms with Crippen LogP contribution in [0.5, 0.6) is 0 Å². The van der Waals surface area contributed by atoms with Crippen LogP contribution in [-0.2, 0) is 14.4 Å². The SMILES string of the molecule is C.CCCCCCCCCCCCNC(=O)CCN(CCCO)CCC(=O)NCCCCCCCCCCCC.CCCCCCCCCCCCNC(=O)CCNCCCO. The standard InChI is InChI=1S/C33H67N3O3.C18H38N2O2.CH4/c1-3-5-7-9-11-13-15-17-19-21-26-34-32(38)24-29-36(28-23-31-37)30-25-33(39)35-27-22-20-18-16-14-12-10-8-6-4-2;1-2-3-4-5-6-7-8-9-10-11-15-20-18(22)13-16-19-14-12-17-21;/h37H,3-31H2,1-2H3,(H,34,38)(H,35,39);19,21H,2-17H2,1H3,(H,20,22);1H4. The highest BCUT2D eigenvalue weighted by molar-refractivity contribution is 5.77. The number of hydrogen-bond acceptors (Lipinski definition) is 7. The van der Waals surface area contributed by atoms with Gasteiger partial charge in [0.15, 0.2) is 0 Å². The van der Waals surface area contributed by atoms with Gasteiger partial charge in [0.05, 0.1) is 0 Å². The molecule has 0 radical (unpaired) electrons. The Bertz CT molecular complexity index is 854. The number of nitrogens with one attached hydrogen (secondary N) is 4. The molecular weight excluding hydrogens is 775 g/mol. The van der Waals surface area contributed by atoms with Crippen LogP contribution in [0.15, 0.2) is 0 Å². The summed E-state index contributed by atoms with van der Waals surface area (Å²) in [6, 6.07) is 0. The Morgan fingerprint density at radius 3 is 0.935 bits per heavy atom. The highest BCUT2D eigenvalue weighted by Crippen LogP contribution is 2.12. The first-order valence-electron chi connectivity index (χ1n) is 26.4. The summed E-state index contributed by atoms with van der Waals surface area (Å²) in [6.45, 7) is 12.9. The average molecular weight is 884 g/mol. The van der Waals surface area contributed by atoms with Crippen LogP contribution in [0.3, 0.4) is 0 Å². The van der Waals surface area contributed by atoms with Gasteiger partial charge in [-0.15, -0.1) is 0 Å². The van der Waals surface area contributed by atoms with Crippen molar-refractivity contribution in [1.82, 2.24) is 26.2 Å². The molecular formula is C52H109N5O5. The van der Waals surface area contributed by atoms with E-state index in [2.05, 4.69) is 46.9 Å². The summed E-state index contributed by atoms with van der Waals surface area (Å²) in [7, 11) is 0. The first-order chi connectivity index (χ1) is 29.9. The van der Waals surface area contributed by atoms with Crippen LogP contribution in [0.2, 0.25) is 0 Å². The lowest BCUT2D eigenvalue weighted by Crippen LogP contribution is -2.35. The minimum Gasteiger partial charge on any atom is -0.396 e. The molecule has 0 bridgehead atoms. The Morgan fingerprint density at radius 1 is 0.339 bits per heavy atom. The zero-order valence-electron chi connectivity index (χ0n) is 40.9. The first-order valence-corrected chi connectivity index (χ1v) is 26.4. The van der Waals surface area contributed by atoms with Gasteiger partial charge in [0.25, 0.3) is 0 Å². The Labute approximate surface area is 385 Å². The van der Waals surface area contributed by atoms with Crippen molar-refractivity contribution >= 4 is 17.7 Å². The Kier molecular flexibility index (Phi) is 59.6. The number of amides is 3. The largest absolute Gasteiger partial charge is 0.396 e. The van der Waals surface area contributed by atoms with E-state index in [4.69, 9.17) is 5.11 Å². The normalized spacial score (nSPS) is 10.9. The van der Waals surface area contributed by atoms with Crippen molar-refractivity contribution in [2.45, 2.75) is 253 Å². The van der Waals surface area contributed by atoms with Gasteiger partial charge in [0.2, 0.25) is 17.7 Å². The molecule has 0 fully saturated rings. The lowest BCUT2D eigenvalue weighted by molar-refractivity contribution is -0.122. The molecule has 0 spiro atoms. The molecule has 0 saturated heterocycles. The summed E-state index contributed by atoms with van der Waals surface area (Å²) in [4.78, 5) is 38.2. The lowest BCUT2D eigenvalue weighted by atomic mass is 10.1. The molecule has 0 saturated carbocycles. The number of aliphatic hydroxyl groups excluding tert-OH is 2. The van der Waals surface area contributed by atoms with Gasteiger partial charge in [-0.2, -0.15) is 0 Å². The van der Waals surface area contributed by atoms with Crippen LogP contribution in [0, 0.1) is 0 Å². The molecule has 62 heavy (non-hydrogen) atoms. The van der Waals surface area contributed by atoms with Gasteiger partial charge in [-0.05, 0) is 38.6 Å². The van der Waals surface area contributed by atoms with E-state index in [-0.39, 0.29) is 38.4 Å². The molecule has 3 amide bonds. The molecule has 10 nitrogen and oxygen atoms in total. The lowest BCUT2D eigenvalue weighted by Gasteiger charge is -2.21. The molecule has 0 aromatic carbocycles. The number of nitrogens with zero attached hydrogens (tertiary/aromatic N) is 1. The molecule has 0 aromatic heterocycles. The number of rotatable bonds is 48. The van der Waals surface area contributed by atoms with Gasteiger partial charge < -0.3 is 36.4 Å². The molecule has 0 aliphatic heterocycles. The van der Waals surface area contributed by atoms with Crippen molar-refractivity contribution in [3.8, 4) is 0 Å². The first kappa shape index (κ1) is 64.5. The summed E-state index contributed by atoms with van der Waals surface area (Å²) in [6.07, 6.45) is 42.0. The van der Waals surface area contributed by atoms with Crippen LogP contribution in [0.1, 0.15) is 253 Å². The third-order valence-corrected chi connectivity index (χ3v) is 11.5. The van der Waals surface area contributed by atoms with E-state index < -0.39 is 0 Å².